The van der Waals surface area contributed by atoms with Gasteiger partial charge in [-0.3, -0.25) is 0 Å². The fraction of sp³-hybridized carbons (Fsp3) is 0.308. The van der Waals surface area contributed by atoms with Gasteiger partial charge in [-0.05, 0) is 63.2 Å². The summed E-state index contributed by atoms with van der Waals surface area (Å²) in [4.78, 5) is 2.40. The normalized spacial score (nSPS) is 12.3. The van der Waals surface area contributed by atoms with Gasteiger partial charge in [0.05, 0.1) is 0 Å². The molecule has 0 N–H and O–H groups in total. The summed E-state index contributed by atoms with van der Waals surface area (Å²) in [6.07, 6.45) is 1.04. The molecule has 0 aromatic heterocycles. The molecule has 2 nitrogen and oxygen atoms in total. The molecule has 0 fully saturated rings. The molecule has 0 saturated carbocycles. The highest BCUT2D eigenvalue weighted by atomic mass is 79.9. The Morgan fingerprint density at radius 2 is 1.55 bits per heavy atom. The van der Waals surface area contributed by atoms with Crippen LogP contribution in [-0.2, 0) is 6.61 Å². The highest BCUT2D eigenvalue weighted by Crippen LogP contribution is 2.37. The van der Waals surface area contributed by atoms with E-state index >= 15 is 0 Å². The number of benzene rings is 3. The van der Waals surface area contributed by atoms with Crippen molar-refractivity contribution in [1.82, 2.24) is 4.90 Å². The van der Waals surface area contributed by atoms with E-state index in [1.807, 2.05) is 6.07 Å². The van der Waals surface area contributed by atoms with Gasteiger partial charge in [-0.25, -0.2) is 0 Å². The van der Waals surface area contributed by atoms with Crippen LogP contribution in [-0.4, -0.2) is 24.5 Å². The molecular formula is C26H30BrNO. The molecule has 0 aliphatic rings. The standard InChI is InChI=1S/C26H30BrNO/c1-20(2)28(3)17-16-24(22-12-8-5-9-13-22)25-18-23(27)14-15-26(25)29-19-21-10-6-4-7-11-21/h4-15,18,20,24H,16-17,19H2,1-3H3. The molecule has 3 rings (SSSR count). The van der Waals surface area contributed by atoms with Crippen LogP contribution in [0.4, 0.5) is 0 Å². The third-order valence-corrected chi connectivity index (χ3v) is 5.93. The Balaban J connectivity index is 1.90. The van der Waals surface area contributed by atoms with Gasteiger partial charge in [-0.2, -0.15) is 0 Å². The van der Waals surface area contributed by atoms with Gasteiger partial charge in [0.25, 0.3) is 0 Å². The van der Waals surface area contributed by atoms with Gasteiger partial charge in [0.2, 0.25) is 0 Å². The van der Waals surface area contributed by atoms with Crippen LogP contribution >= 0.6 is 15.9 Å². The summed E-state index contributed by atoms with van der Waals surface area (Å²) in [7, 11) is 2.19. The van der Waals surface area contributed by atoms with Crippen molar-refractivity contribution in [1.29, 1.82) is 0 Å². The summed E-state index contributed by atoms with van der Waals surface area (Å²) in [5, 5.41) is 0. The quantitative estimate of drug-likeness (QED) is 0.351. The average Bonchev–Trinajstić information content (AvgIpc) is 2.74. The molecule has 3 heteroatoms. The Kier molecular flexibility index (Phi) is 7.91. The van der Waals surface area contributed by atoms with Gasteiger partial charge in [0, 0.05) is 22.0 Å². The molecule has 152 valence electrons. The maximum absolute atomic E-state index is 6.30. The van der Waals surface area contributed by atoms with Crippen molar-refractivity contribution in [2.24, 2.45) is 0 Å². The second-order valence-electron chi connectivity index (χ2n) is 7.78. The molecule has 0 saturated heterocycles. The number of hydrogen-bond donors (Lipinski definition) is 0. The molecule has 29 heavy (non-hydrogen) atoms. The average molecular weight is 452 g/mol. The van der Waals surface area contributed by atoms with Crippen LogP contribution in [0.25, 0.3) is 0 Å². The lowest BCUT2D eigenvalue weighted by molar-refractivity contribution is 0.264. The van der Waals surface area contributed by atoms with Gasteiger partial charge < -0.3 is 9.64 Å². The van der Waals surface area contributed by atoms with Crippen molar-refractivity contribution >= 4 is 15.9 Å². The number of nitrogens with zero attached hydrogens (tertiary/aromatic N) is 1. The lowest BCUT2D eigenvalue weighted by Crippen LogP contribution is -2.28. The minimum absolute atomic E-state index is 0.278. The van der Waals surface area contributed by atoms with Crippen molar-refractivity contribution < 1.29 is 4.74 Å². The van der Waals surface area contributed by atoms with Crippen molar-refractivity contribution in [2.45, 2.75) is 38.8 Å². The number of halogens is 1. The van der Waals surface area contributed by atoms with Crippen LogP contribution in [0.1, 0.15) is 42.9 Å². The Morgan fingerprint density at radius 1 is 0.897 bits per heavy atom. The number of rotatable bonds is 9. The van der Waals surface area contributed by atoms with E-state index in [1.165, 1.54) is 16.7 Å². The van der Waals surface area contributed by atoms with Crippen molar-refractivity contribution in [3.63, 3.8) is 0 Å². The highest BCUT2D eigenvalue weighted by molar-refractivity contribution is 9.10. The zero-order chi connectivity index (χ0) is 20.6. The lowest BCUT2D eigenvalue weighted by atomic mass is 9.87. The molecule has 0 aliphatic heterocycles. The predicted octanol–water partition coefficient (Wildman–Crippen LogP) is 6.89. The molecule has 0 aliphatic carbocycles. The minimum atomic E-state index is 0.278. The summed E-state index contributed by atoms with van der Waals surface area (Å²) in [5.74, 6) is 1.23. The Morgan fingerprint density at radius 3 is 2.21 bits per heavy atom. The SMILES string of the molecule is CC(C)N(C)CCC(c1ccccc1)c1cc(Br)ccc1OCc1ccccc1. The molecule has 0 amide bonds. The fourth-order valence-electron chi connectivity index (χ4n) is 3.44. The maximum Gasteiger partial charge on any atom is 0.123 e. The minimum Gasteiger partial charge on any atom is -0.489 e. The zero-order valence-electron chi connectivity index (χ0n) is 17.5. The second kappa shape index (κ2) is 10.6. The van der Waals surface area contributed by atoms with Crippen LogP contribution in [0.3, 0.4) is 0 Å². The van der Waals surface area contributed by atoms with E-state index in [1.54, 1.807) is 0 Å². The molecule has 0 radical (unpaired) electrons. The van der Waals surface area contributed by atoms with Crippen molar-refractivity contribution in [3.8, 4) is 5.75 Å². The molecule has 1 atom stereocenters. The second-order valence-corrected chi connectivity index (χ2v) is 8.70. The number of ether oxygens (including phenoxy) is 1. The van der Waals surface area contributed by atoms with Crippen molar-refractivity contribution in [2.75, 3.05) is 13.6 Å². The van der Waals surface area contributed by atoms with E-state index in [2.05, 4.69) is 115 Å². The van der Waals surface area contributed by atoms with Crippen LogP contribution in [0.15, 0.2) is 83.3 Å². The first-order chi connectivity index (χ1) is 14.0. The van der Waals surface area contributed by atoms with E-state index in [0.29, 0.717) is 12.6 Å². The summed E-state index contributed by atoms with van der Waals surface area (Å²) >= 11 is 3.67. The van der Waals surface area contributed by atoms with Crippen LogP contribution in [0.2, 0.25) is 0 Å². The largest absolute Gasteiger partial charge is 0.489 e. The molecule has 3 aromatic rings. The first-order valence-corrected chi connectivity index (χ1v) is 11.0. The van der Waals surface area contributed by atoms with E-state index in [9.17, 15) is 0 Å². The van der Waals surface area contributed by atoms with Gasteiger partial charge in [0.15, 0.2) is 0 Å². The molecule has 1 unspecified atom stereocenters. The Labute approximate surface area is 183 Å². The third-order valence-electron chi connectivity index (χ3n) is 5.44. The molecule has 0 heterocycles. The van der Waals surface area contributed by atoms with Gasteiger partial charge in [-0.15, -0.1) is 0 Å². The zero-order valence-corrected chi connectivity index (χ0v) is 19.1. The van der Waals surface area contributed by atoms with E-state index in [4.69, 9.17) is 4.74 Å². The smallest absolute Gasteiger partial charge is 0.123 e. The first kappa shape index (κ1) is 21.6. The summed E-state index contributed by atoms with van der Waals surface area (Å²) in [6.45, 7) is 6.08. The fourth-order valence-corrected chi connectivity index (χ4v) is 3.82. The summed E-state index contributed by atoms with van der Waals surface area (Å²) in [6, 6.07) is 28.0. The lowest BCUT2D eigenvalue weighted by Gasteiger charge is -2.26. The predicted molar refractivity (Wildman–Crippen MR) is 126 cm³/mol. The van der Waals surface area contributed by atoms with Gasteiger partial charge in [0.1, 0.15) is 12.4 Å². The monoisotopic (exact) mass is 451 g/mol. The molecule has 3 aromatic carbocycles. The van der Waals surface area contributed by atoms with Crippen LogP contribution in [0, 0.1) is 0 Å². The summed E-state index contributed by atoms with van der Waals surface area (Å²) < 4.78 is 7.38. The van der Waals surface area contributed by atoms with Crippen LogP contribution < -0.4 is 4.74 Å². The Bertz CT molecular complexity index is 880. The summed E-state index contributed by atoms with van der Waals surface area (Å²) in [5.41, 5.74) is 3.74. The highest BCUT2D eigenvalue weighted by Gasteiger charge is 2.20. The van der Waals surface area contributed by atoms with E-state index < -0.39 is 0 Å². The third kappa shape index (κ3) is 6.19. The van der Waals surface area contributed by atoms with Crippen molar-refractivity contribution in [3.05, 3.63) is 100 Å². The topological polar surface area (TPSA) is 12.5 Å². The number of hydrogen-bond acceptors (Lipinski definition) is 2. The van der Waals surface area contributed by atoms with Crippen LogP contribution in [0.5, 0.6) is 5.75 Å². The van der Waals surface area contributed by atoms with E-state index in [0.717, 1.165) is 23.2 Å². The van der Waals surface area contributed by atoms with Gasteiger partial charge >= 0.3 is 0 Å². The molecule has 0 bridgehead atoms. The van der Waals surface area contributed by atoms with E-state index in [-0.39, 0.29) is 5.92 Å². The first-order valence-electron chi connectivity index (χ1n) is 10.3. The molecular weight excluding hydrogens is 422 g/mol. The van der Waals surface area contributed by atoms with Gasteiger partial charge in [-0.1, -0.05) is 76.6 Å². The maximum atomic E-state index is 6.30. The molecule has 0 spiro atoms. The Hall–Kier alpha value is -2.10.